The second-order valence-corrected chi connectivity index (χ2v) is 3.77. The van der Waals surface area contributed by atoms with Crippen LogP contribution in [0.3, 0.4) is 0 Å². The minimum Gasteiger partial charge on any atom is -0.350 e. The third-order valence-electron chi connectivity index (χ3n) is 1.87. The molecule has 1 fully saturated rings. The van der Waals surface area contributed by atoms with Crippen molar-refractivity contribution in [3.05, 3.63) is 0 Å². The van der Waals surface area contributed by atoms with E-state index in [-0.39, 0.29) is 5.79 Å². The van der Waals surface area contributed by atoms with Gasteiger partial charge in [0.2, 0.25) is 0 Å². The van der Waals surface area contributed by atoms with E-state index in [1.54, 1.807) is 0 Å². The van der Waals surface area contributed by atoms with Crippen molar-refractivity contribution in [1.82, 2.24) is 0 Å². The maximum atomic E-state index is 5.52. The largest absolute Gasteiger partial charge is 0.350 e. The van der Waals surface area contributed by atoms with Gasteiger partial charge in [-0.05, 0) is 19.8 Å². The maximum absolute atomic E-state index is 5.52. The highest BCUT2D eigenvalue weighted by Crippen LogP contribution is 2.23. The Kier molecular flexibility index (Phi) is 3.82. The summed E-state index contributed by atoms with van der Waals surface area (Å²) >= 11 is 3.39. The second kappa shape index (κ2) is 4.43. The van der Waals surface area contributed by atoms with Gasteiger partial charge in [0.05, 0.1) is 13.2 Å². The molecule has 0 spiro atoms. The molecule has 1 heterocycles. The van der Waals surface area contributed by atoms with E-state index in [0.29, 0.717) is 0 Å². The minimum atomic E-state index is -0.300. The molecule has 0 bridgehead atoms. The van der Waals surface area contributed by atoms with Gasteiger partial charge in [0.1, 0.15) is 0 Å². The quantitative estimate of drug-likeness (QED) is 0.683. The summed E-state index contributed by atoms with van der Waals surface area (Å²) in [5, 5.41) is 1.02. The molecule has 0 aromatic carbocycles. The van der Waals surface area contributed by atoms with Crippen molar-refractivity contribution in [2.24, 2.45) is 0 Å². The molecule has 0 N–H and O–H groups in total. The Morgan fingerprint density at radius 1 is 1.36 bits per heavy atom. The van der Waals surface area contributed by atoms with Crippen LogP contribution >= 0.6 is 15.9 Å². The van der Waals surface area contributed by atoms with Crippen molar-refractivity contribution >= 4 is 15.9 Å². The van der Waals surface area contributed by atoms with Crippen molar-refractivity contribution in [3.63, 3.8) is 0 Å². The molecule has 1 rings (SSSR count). The molecule has 0 saturated carbocycles. The molecule has 11 heavy (non-hydrogen) atoms. The van der Waals surface area contributed by atoms with E-state index in [1.165, 1.54) is 0 Å². The molecule has 3 heteroatoms. The van der Waals surface area contributed by atoms with Gasteiger partial charge in [0.15, 0.2) is 5.79 Å². The van der Waals surface area contributed by atoms with Gasteiger partial charge in [0, 0.05) is 11.8 Å². The minimum absolute atomic E-state index is 0.300. The maximum Gasteiger partial charge on any atom is 0.165 e. The number of ether oxygens (including phenoxy) is 2. The molecule has 1 aliphatic rings. The summed E-state index contributed by atoms with van der Waals surface area (Å²) in [6.07, 6.45) is 3.12. The molecule has 2 nitrogen and oxygen atoms in total. The summed E-state index contributed by atoms with van der Waals surface area (Å²) in [5.74, 6) is -0.300. The molecule has 66 valence electrons. The lowest BCUT2D eigenvalue weighted by Crippen LogP contribution is -2.37. The molecule has 0 aliphatic carbocycles. The Morgan fingerprint density at radius 3 is 2.55 bits per heavy atom. The summed E-state index contributed by atoms with van der Waals surface area (Å²) in [4.78, 5) is 0. The van der Waals surface area contributed by atoms with Crippen LogP contribution in [-0.4, -0.2) is 24.3 Å². The van der Waals surface area contributed by atoms with Gasteiger partial charge in [-0.15, -0.1) is 0 Å². The Bertz CT molecular complexity index is 111. The number of hydrogen-bond acceptors (Lipinski definition) is 2. The lowest BCUT2D eigenvalue weighted by Gasteiger charge is -2.33. The van der Waals surface area contributed by atoms with Gasteiger partial charge >= 0.3 is 0 Å². The first-order valence-electron chi connectivity index (χ1n) is 4.11. The zero-order valence-electron chi connectivity index (χ0n) is 6.94. The number of rotatable bonds is 3. The predicted octanol–water partition coefficient (Wildman–Crippen LogP) is 2.31. The summed E-state index contributed by atoms with van der Waals surface area (Å²) in [6.45, 7) is 3.71. The highest BCUT2D eigenvalue weighted by molar-refractivity contribution is 9.09. The van der Waals surface area contributed by atoms with Crippen molar-refractivity contribution in [2.45, 2.75) is 32.0 Å². The van der Waals surface area contributed by atoms with E-state index in [2.05, 4.69) is 15.9 Å². The first-order valence-corrected chi connectivity index (χ1v) is 5.23. The topological polar surface area (TPSA) is 18.5 Å². The van der Waals surface area contributed by atoms with Gasteiger partial charge in [-0.1, -0.05) is 15.9 Å². The third kappa shape index (κ3) is 3.09. The first kappa shape index (κ1) is 9.49. The van der Waals surface area contributed by atoms with Crippen LogP contribution < -0.4 is 0 Å². The fraction of sp³-hybridized carbons (Fsp3) is 1.00. The lowest BCUT2D eigenvalue weighted by molar-refractivity contribution is -0.258. The van der Waals surface area contributed by atoms with Crippen molar-refractivity contribution in [2.75, 3.05) is 18.5 Å². The SMILES string of the molecule is CC1(CCCBr)OCCCO1. The lowest BCUT2D eigenvalue weighted by atomic mass is 10.1. The van der Waals surface area contributed by atoms with Gasteiger partial charge in [0.25, 0.3) is 0 Å². The van der Waals surface area contributed by atoms with Crippen molar-refractivity contribution in [3.8, 4) is 0 Å². The van der Waals surface area contributed by atoms with Crippen LogP contribution in [0.4, 0.5) is 0 Å². The van der Waals surface area contributed by atoms with Crippen LogP contribution in [0.1, 0.15) is 26.2 Å². The van der Waals surface area contributed by atoms with Crippen LogP contribution in [0, 0.1) is 0 Å². The first-order chi connectivity index (χ1) is 5.27. The molecule has 1 aliphatic heterocycles. The van der Waals surface area contributed by atoms with Gasteiger partial charge in [-0.3, -0.25) is 0 Å². The molecule has 0 amide bonds. The predicted molar refractivity (Wildman–Crippen MR) is 48.0 cm³/mol. The fourth-order valence-corrected chi connectivity index (χ4v) is 1.49. The summed E-state index contributed by atoms with van der Waals surface area (Å²) < 4.78 is 11.0. The second-order valence-electron chi connectivity index (χ2n) is 2.98. The van der Waals surface area contributed by atoms with Crippen LogP contribution in [0.25, 0.3) is 0 Å². The Hall–Kier alpha value is 0.400. The third-order valence-corrected chi connectivity index (χ3v) is 2.43. The van der Waals surface area contributed by atoms with E-state index in [9.17, 15) is 0 Å². The molecule has 1 saturated heterocycles. The molecule has 0 atom stereocenters. The summed E-state index contributed by atoms with van der Waals surface area (Å²) in [5.41, 5.74) is 0. The monoisotopic (exact) mass is 222 g/mol. The van der Waals surface area contributed by atoms with Crippen molar-refractivity contribution < 1.29 is 9.47 Å². The summed E-state index contributed by atoms with van der Waals surface area (Å²) in [6, 6.07) is 0. The van der Waals surface area contributed by atoms with Gasteiger partial charge in [-0.25, -0.2) is 0 Å². The molecule has 0 aromatic rings. The Morgan fingerprint density at radius 2 is 2.00 bits per heavy atom. The number of alkyl halides is 1. The van der Waals surface area contributed by atoms with Gasteiger partial charge in [-0.2, -0.15) is 0 Å². The average Bonchev–Trinajstić information content (AvgIpc) is 2.03. The Balaban J connectivity index is 2.25. The highest BCUT2D eigenvalue weighted by atomic mass is 79.9. The zero-order valence-corrected chi connectivity index (χ0v) is 8.52. The van der Waals surface area contributed by atoms with Crippen LogP contribution in [0.5, 0.6) is 0 Å². The van der Waals surface area contributed by atoms with E-state index in [0.717, 1.165) is 37.8 Å². The molecule has 0 radical (unpaired) electrons. The van der Waals surface area contributed by atoms with Crippen molar-refractivity contribution in [1.29, 1.82) is 0 Å². The van der Waals surface area contributed by atoms with E-state index in [4.69, 9.17) is 9.47 Å². The Labute approximate surface area is 76.4 Å². The average molecular weight is 223 g/mol. The zero-order chi connectivity index (χ0) is 8.16. The molecular weight excluding hydrogens is 208 g/mol. The standard InChI is InChI=1S/C8H15BrO2/c1-8(4-2-5-9)10-6-3-7-11-8/h2-7H2,1H3. The normalized spacial score (nSPS) is 23.5. The molecule has 0 aromatic heterocycles. The highest BCUT2D eigenvalue weighted by Gasteiger charge is 2.27. The van der Waals surface area contributed by atoms with Crippen LogP contribution in [-0.2, 0) is 9.47 Å². The number of halogens is 1. The summed E-state index contributed by atoms with van der Waals surface area (Å²) in [7, 11) is 0. The smallest absolute Gasteiger partial charge is 0.165 e. The van der Waals surface area contributed by atoms with Crippen LogP contribution in [0.15, 0.2) is 0 Å². The molecule has 0 unspecified atom stereocenters. The number of hydrogen-bond donors (Lipinski definition) is 0. The fourth-order valence-electron chi connectivity index (χ4n) is 1.21. The van der Waals surface area contributed by atoms with E-state index < -0.39 is 0 Å². The molecular formula is C8H15BrO2. The van der Waals surface area contributed by atoms with Gasteiger partial charge < -0.3 is 9.47 Å². The van der Waals surface area contributed by atoms with Crippen LogP contribution in [0.2, 0.25) is 0 Å². The van der Waals surface area contributed by atoms with E-state index in [1.807, 2.05) is 6.92 Å². The van der Waals surface area contributed by atoms with E-state index >= 15 is 0 Å².